The van der Waals surface area contributed by atoms with E-state index in [9.17, 15) is 32.8 Å². The minimum Gasteiger partial charge on any atom is -0.481 e. The van der Waals surface area contributed by atoms with Crippen LogP contribution < -0.4 is 21.5 Å². The highest BCUT2D eigenvalue weighted by atomic mass is 19.3. The van der Waals surface area contributed by atoms with Crippen LogP contribution in [-0.2, 0) is 25.6 Å². The Balaban J connectivity index is 0. The van der Waals surface area contributed by atoms with Crippen molar-refractivity contribution in [2.24, 2.45) is 17.4 Å². The van der Waals surface area contributed by atoms with Crippen molar-refractivity contribution in [2.75, 3.05) is 6.93 Å². The van der Waals surface area contributed by atoms with Crippen molar-refractivity contribution in [3.63, 3.8) is 0 Å². The smallest absolute Gasteiger partial charge is 0.379 e. The van der Waals surface area contributed by atoms with Gasteiger partial charge in [0, 0.05) is 31.2 Å². The molecule has 1 heterocycles. The van der Waals surface area contributed by atoms with Crippen molar-refractivity contribution in [2.45, 2.75) is 46.6 Å². The van der Waals surface area contributed by atoms with Gasteiger partial charge in [0.05, 0.1) is 0 Å². The number of carboxylic acids is 2. The maximum Gasteiger partial charge on any atom is 0.379 e. The Morgan fingerprint density at radius 1 is 1.02 bits per heavy atom. The molecule has 0 spiro atoms. The number of hydrogen-bond donors (Lipinski definition) is 6. The van der Waals surface area contributed by atoms with Crippen LogP contribution in [0.4, 0.5) is 8.78 Å². The van der Waals surface area contributed by atoms with Crippen molar-refractivity contribution >= 4 is 35.6 Å². The third kappa shape index (κ3) is 17.6. The fourth-order valence-corrected chi connectivity index (χ4v) is 2.27. The standard InChI is InChI=1S/C19H21N3O6.C3H6O2.C2H5NO.CH2F2/c1-10(17(23)22-11(2)18(24)25)9-14-7-8-15(27-14)19(26)28-13-5-3-12(4-6-13)16(20)21;1-2-3(4)5;1-2(3)4;2-1-3/h3-8,10-11H,9H2,1-2H3,(H3,20,21)(H,22,23)(H,24,25);2H2,1H3,(H,4,5);1H3,(H2,3,4);1H2/t10?,11-;;;/m0.../s1. The number of amides is 2. The van der Waals surface area contributed by atoms with E-state index in [0.717, 1.165) is 0 Å². The molecule has 2 atom stereocenters. The number of carbonyl (C=O) groups is 5. The number of benzene rings is 1. The molecule has 15 heteroatoms. The number of carbonyl (C=O) groups excluding carboxylic acids is 3. The predicted molar refractivity (Wildman–Crippen MR) is 139 cm³/mol. The molecule has 1 aromatic carbocycles. The minimum absolute atomic E-state index is 0.0304. The van der Waals surface area contributed by atoms with Gasteiger partial charge in [0.2, 0.25) is 24.5 Å². The molecule has 0 saturated carbocycles. The van der Waals surface area contributed by atoms with Gasteiger partial charge in [0.15, 0.2) is 0 Å². The first-order chi connectivity index (χ1) is 18.6. The molecule has 0 radical (unpaired) electrons. The summed E-state index contributed by atoms with van der Waals surface area (Å²) in [7, 11) is 0. The zero-order chi connectivity index (χ0) is 31.4. The van der Waals surface area contributed by atoms with Crippen LogP contribution in [0, 0.1) is 11.3 Å². The van der Waals surface area contributed by atoms with E-state index < -0.39 is 42.7 Å². The Kier molecular flexibility index (Phi) is 18.8. The third-order valence-corrected chi connectivity index (χ3v) is 4.23. The van der Waals surface area contributed by atoms with E-state index >= 15 is 0 Å². The van der Waals surface area contributed by atoms with E-state index in [1.54, 1.807) is 32.0 Å². The predicted octanol–water partition coefficient (Wildman–Crippen LogP) is 2.41. The number of rotatable bonds is 9. The molecule has 40 heavy (non-hydrogen) atoms. The van der Waals surface area contributed by atoms with Crippen molar-refractivity contribution in [1.82, 2.24) is 5.32 Å². The summed E-state index contributed by atoms with van der Waals surface area (Å²) in [5.74, 6) is -3.35. The van der Waals surface area contributed by atoms with Crippen LogP contribution in [0.15, 0.2) is 40.8 Å². The minimum atomic E-state index is -1.75. The van der Waals surface area contributed by atoms with E-state index in [1.807, 2.05) is 0 Å². The molecule has 222 valence electrons. The lowest BCUT2D eigenvalue weighted by Gasteiger charge is -2.13. The van der Waals surface area contributed by atoms with Crippen molar-refractivity contribution in [1.29, 1.82) is 5.41 Å². The number of nitrogens with two attached hydrogens (primary N) is 2. The summed E-state index contributed by atoms with van der Waals surface area (Å²) in [6, 6.07) is 8.12. The van der Waals surface area contributed by atoms with Crippen molar-refractivity contribution in [3.05, 3.63) is 53.5 Å². The van der Waals surface area contributed by atoms with Crippen LogP contribution >= 0.6 is 0 Å². The Hall–Kier alpha value is -4.82. The number of hydrogen-bond acceptors (Lipinski definition) is 8. The quantitative estimate of drug-likeness (QED) is 0.111. The van der Waals surface area contributed by atoms with Gasteiger partial charge in [0.1, 0.15) is 23.4 Å². The van der Waals surface area contributed by atoms with Gasteiger partial charge in [-0.05, 0) is 43.3 Å². The Morgan fingerprint density at radius 3 is 1.90 bits per heavy atom. The summed E-state index contributed by atoms with van der Waals surface area (Å²) in [4.78, 5) is 53.5. The molecular weight excluding hydrogens is 538 g/mol. The van der Waals surface area contributed by atoms with Crippen LogP contribution in [0.1, 0.15) is 56.0 Å². The second kappa shape index (κ2) is 20.2. The number of amidine groups is 1. The topological polar surface area (TPSA) is 236 Å². The largest absolute Gasteiger partial charge is 0.481 e. The molecule has 2 amide bonds. The Morgan fingerprint density at radius 2 is 1.50 bits per heavy atom. The highest BCUT2D eigenvalue weighted by molar-refractivity contribution is 5.95. The first-order valence-corrected chi connectivity index (χ1v) is 11.5. The van der Waals surface area contributed by atoms with Gasteiger partial charge in [0.25, 0.3) is 0 Å². The van der Waals surface area contributed by atoms with E-state index in [-0.39, 0.29) is 36.1 Å². The zero-order valence-corrected chi connectivity index (χ0v) is 22.4. The summed E-state index contributed by atoms with van der Waals surface area (Å²) in [6.07, 6.45) is 0.415. The summed E-state index contributed by atoms with van der Waals surface area (Å²) >= 11 is 0. The molecular formula is C25H34F2N4O9. The van der Waals surface area contributed by atoms with Gasteiger partial charge < -0.3 is 36.2 Å². The Labute approximate surface area is 229 Å². The molecule has 8 N–H and O–H groups in total. The number of aliphatic carboxylic acids is 2. The third-order valence-electron chi connectivity index (χ3n) is 4.23. The molecule has 0 aliphatic rings. The maximum absolute atomic E-state index is 12.2. The van der Waals surface area contributed by atoms with Gasteiger partial charge in [-0.2, -0.15) is 0 Å². The fourth-order valence-electron chi connectivity index (χ4n) is 2.27. The molecule has 2 aromatic rings. The molecule has 13 nitrogen and oxygen atoms in total. The van der Waals surface area contributed by atoms with Crippen LogP contribution in [-0.4, -0.2) is 58.7 Å². The number of carboxylic acid groups (broad SMARTS) is 2. The molecule has 1 unspecified atom stereocenters. The lowest BCUT2D eigenvalue weighted by molar-refractivity contribution is -0.141. The second-order valence-corrected chi connectivity index (χ2v) is 7.73. The van der Waals surface area contributed by atoms with Crippen molar-refractivity contribution < 1.29 is 52.1 Å². The normalized spacial score (nSPS) is 10.8. The zero-order valence-electron chi connectivity index (χ0n) is 22.4. The molecule has 0 bridgehead atoms. The number of primary amides is 1. The van der Waals surface area contributed by atoms with E-state index in [2.05, 4.69) is 11.1 Å². The van der Waals surface area contributed by atoms with Crippen LogP contribution in [0.5, 0.6) is 5.75 Å². The van der Waals surface area contributed by atoms with Gasteiger partial charge in [-0.1, -0.05) is 13.8 Å². The van der Waals surface area contributed by atoms with Crippen LogP contribution in [0.2, 0.25) is 0 Å². The number of alkyl halides is 2. The SMILES string of the molecule is CC(Cc1ccc(C(=O)Oc2ccc(C(=N)N)cc2)o1)C(=O)N[C@@H](C)C(=O)O.CC(N)=O.CCC(=O)O.FCF. The van der Waals surface area contributed by atoms with Crippen molar-refractivity contribution in [3.8, 4) is 5.75 Å². The van der Waals surface area contributed by atoms with Gasteiger partial charge >= 0.3 is 17.9 Å². The molecule has 2 rings (SSSR count). The fraction of sp³-hybridized carbons (Fsp3) is 0.360. The van der Waals surface area contributed by atoms with E-state index in [0.29, 0.717) is 11.3 Å². The molecule has 0 aliphatic heterocycles. The average molecular weight is 573 g/mol. The monoisotopic (exact) mass is 572 g/mol. The van der Waals surface area contributed by atoms with Gasteiger partial charge in [-0.3, -0.25) is 24.6 Å². The van der Waals surface area contributed by atoms with Crippen LogP contribution in [0.25, 0.3) is 0 Å². The molecule has 1 aromatic heterocycles. The van der Waals surface area contributed by atoms with Gasteiger partial charge in [-0.25, -0.2) is 13.6 Å². The number of nitrogens with one attached hydrogen (secondary N) is 2. The summed E-state index contributed by atoms with van der Waals surface area (Å²) < 4.78 is 29.9. The van der Waals surface area contributed by atoms with Crippen LogP contribution in [0.3, 0.4) is 0 Å². The number of furan rings is 1. The number of nitrogen functional groups attached to an aromatic ring is 1. The van der Waals surface area contributed by atoms with E-state index in [1.165, 1.54) is 32.0 Å². The summed E-state index contributed by atoms with van der Waals surface area (Å²) in [5.41, 5.74) is 10.3. The maximum atomic E-state index is 12.2. The number of esters is 1. The van der Waals surface area contributed by atoms with E-state index in [4.69, 9.17) is 30.5 Å². The average Bonchev–Trinajstić information content (AvgIpc) is 3.33. The molecule has 0 saturated heterocycles. The molecule has 0 fully saturated rings. The summed E-state index contributed by atoms with van der Waals surface area (Å²) in [5, 5.41) is 26.3. The number of halogens is 2. The first-order valence-electron chi connectivity index (χ1n) is 11.5. The summed E-state index contributed by atoms with van der Waals surface area (Å²) in [6.45, 7) is 4.15. The van der Waals surface area contributed by atoms with Gasteiger partial charge in [-0.15, -0.1) is 0 Å². The highest BCUT2D eigenvalue weighted by Gasteiger charge is 2.21. The molecule has 0 aliphatic carbocycles. The Bertz CT molecular complexity index is 1120. The second-order valence-electron chi connectivity index (χ2n) is 7.73. The first kappa shape index (κ1) is 37.3. The lowest BCUT2D eigenvalue weighted by atomic mass is 10.1. The highest BCUT2D eigenvalue weighted by Crippen LogP contribution is 2.17. The number of ether oxygens (including phenoxy) is 1. The lowest BCUT2D eigenvalue weighted by Crippen LogP contribution is -2.41.